The van der Waals surface area contributed by atoms with E-state index in [1.54, 1.807) is 117 Å². The van der Waals surface area contributed by atoms with Crippen LogP contribution in [0, 0.1) is 53.6 Å². The SMILES string of the molecule is CC(C)(F)C(=O)[O-].CC(C)C(=O)[O-].COc1ccc(C(=O)[O-])cc1.CS([NH-])(=O)=O.CSc1ccc(C(=O)[O-])cc1.Cc1cc([S+](c2ccccc2)c2ccccc2)cc(C(F)(F)F)c1.FC(F)(F)c1ccc(-[s+]2c3ccccc3c3ccccc32)cc1.Fc1cc(F)cc([S+](c2ccccc2)c2ccccc2)c1.Fc1ccc([S+](c2ccc(F)cc2)c2ccc(F)cc2)cc1.Fc1ccc2c(c1)c1cc(F)ccc1[s+]2C(F)(F)F. The van der Waals surface area contributed by atoms with Gasteiger partial charge < -0.3 is 49.5 Å². The third-order valence-electron chi connectivity index (χ3n) is 20.1. The number of fused-ring (bicyclic) bond motifs is 6. The molecule has 0 amide bonds. The molecule has 0 atom stereocenters. The van der Waals surface area contributed by atoms with E-state index in [9.17, 15) is 123 Å². The predicted molar refractivity (Wildman–Crippen MR) is 548 cm³/mol. The average Bonchev–Trinajstić information content (AvgIpc) is 1.57. The minimum absolute atomic E-state index is 0.00509. The normalized spacial score (nSPS) is 11.2. The van der Waals surface area contributed by atoms with Gasteiger partial charge in [-0.3, -0.25) is 0 Å². The molecule has 0 radical (unpaired) electrons. The van der Waals surface area contributed by atoms with Crippen LogP contribution in [0.25, 0.3) is 50.4 Å². The molecule has 774 valence electrons. The summed E-state index contributed by atoms with van der Waals surface area (Å²) in [5.41, 5.74) is -6.86. The number of thioether (sulfide) groups is 1. The zero-order chi connectivity index (χ0) is 109. The summed E-state index contributed by atoms with van der Waals surface area (Å²) in [4.78, 5) is 49.7. The number of aliphatic carboxylic acids is 2. The van der Waals surface area contributed by atoms with Gasteiger partial charge in [0.05, 0.1) is 89.6 Å². The summed E-state index contributed by atoms with van der Waals surface area (Å²) in [7, 11) is -6.01. The van der Waals surface area contributed by atoms with E-state index in [1.165, 1.54) is 112 Å². The Kier molecular flexibility index (Phi) is 43.4. The summed E-state index contributed by atoms with van der Waals surface area (Å²) in [6, 6.07) is 106. The Balaban J connectivity index is 0.000000190. The van der Waals surface area contributed by atoms with Crippen LogP contribution < -0.4 is 25.2 Å². The zero-order valence-corrected chi connectivity index (χ0v) is 85.5. The number of benzene rings is 16. The highest BCUT2D eigenvalue weighted by Crippen LogP contribution is 2.55. The predicted octanol–water partition coefficient (Wildman–Crippen LogP) is 28.3. The van der Waals surface area contributed by atoms with Crippen molar-refractivity contribution in [3.05, 3.63) is 462 Å². The number of halogens is 17. The number of hydrogen-bond donors (Lipinski definition) is 0. The second-order valence-electron chi connectivity index (χ2n) is 32.1. The molecule has 0 aliphatic rings. The van der Waals surface area contributed by atoms with Crippen molar-refractivity contribution in [3.8, 4) is 10.6 Å². The minimum atomic E-state index is -4.46. The lowest BCUT2D eigenvalue weighted by molar-refractivity contribution is -0.318. The van der Waals surface area contributed by atoms with E-state index in [2.05, 4.69) is 24.3 Å². The maximum Gasteiger partial charge on any atom is 0.601 e. The fourth-order valence-corrected chi connectivity index (χ4v) is 24.4. The summed E-state index contributed by atoms with van der Waals surface area (Å²) in [5.74, 6) is -7.98. The molecule has 18 rings (SSSR count). The first kappa shape index (κ1) is 118. The number of nitrogens with one attached hydrogen (secondary N) is 1. The Morgan fingerprint density at radius 2 is 0.658 bits per heavy atom. The largest absolute Gasteiger partial charge is 0.601 e. The van der Waals surface area contributed by atoms with Crippen LogP contribution >= 0.6 is 32.7 Å². The number of rotatable bonds is 16. The molecule has 12 nitrogen and oxygen atoms in total. The molecule has 0 spiro atoms. The maximum absolute atomic E-state index is 13.6. The van der Waals surface area contributed by atoms with Gasteiger partial charge in [-0.25, -0.2) is 43.5 Å². The van der Waals surface area contributed by atoms with Crippen LogP contribution in [0.5, 0.6) is 5.75 Å². The molecule has 16 aromatic carbocycles. The smallest absolute Gasteiger partial charge is 0.564 e. The van der Waals surface area contributed by atoms with Gasteiger partial charge in [0.1, 0.15) is 62.6 Å². The molecule has 0 fully saturated rings. The van der Waals surface area contributed by atoms with Crippen molar-refractivity contribution in [2.75, 3.05) is 19.6 Å². The lowest BCUT2D eigenvalue weighted by Gasteiger charge is -2.13. The standard InChI is InChI=1S/C20H16F3S.C19H12F3S.C18H12F3S.C18H13F2S.C13H6F5S.C8H8O3.C8H8O2S.C4H7FO2.C4H8O2.CH4NO2S/c1-15-12-16(20(21,22)23)14-19(13-15)24(17-8-4-2-5-9-17)18-10-6-3-7-11-18;20-19(21,22)13-9-11-14(12-10-13)23-17-7-3-1-5-15(17)16-6-2-4-8-18(16)23;19-13-1-7-16(8-2-13)22(17-9-3-14(20)4-10-17)18-11-5-15(21)6-12-18;19-14-11-15(20)13-18(12-14)21(16-7-3-1-4-8-16)17-9-5-2-6-10-17;14-7-1-3-11-9(5-7)10-6-8(15)2-4-12(10)19(11)13(16,17)18;2*1-11-7-4-2-6(3-5-7)8(9)10;1-4(2,5)3(6)7;1-3(2)4(5)6;1-5(2,3)4/h2-14H,1H3;1-12H;1-12H;1-13H;1-6H;2*2-5H,1H3,(H,9,10);1-2H3,(H,6,7);3H,1-2H3,(H,5,6);1H3,(H-,2,3,4)/q5*+1;;;;;-1/p-4. The van der Waals surface area contributed by atoms with Crippen molar-refractivity contribution in [1.29, 1.82) is 0 Å². The second-order valence-corrected chi connectivity index (χ2v) is 44.5. The molecule has 1 N–H and O–H groups in total. The number of carboxylic acid groups (broad SMARTS) is 4. The van der Waals surface area contributed by atoms with Crippen LogP contribution in [0.15, 0.2) is 437 Å². The molecule has 0 aliphatic carbocycles. The molecule has 36 heteroatoms. The van der Waals surface area contributed by atoms with Gasteiger partial charge in [-0.2, -0.15) is 26.3 Å². The van der Waals surface area contributed by atoms with Crippen LogP contribution in [0.2, 0.25) is 0 Å². The number of carbonyl (C=O) groups excluding carboxylic acids is 4. The van der Waals surface area contributed by atoms with Crippen molar-refractivity contribution in [3.63, 3.8) is 0 Å². The van der Waals surface area contributed by atoms with Gasteiger partial charge >= 0.3 is 17.9 Å². The van der Waals surface area contributed by atoms with Crippen molar-refractivity contribution in [1.82, 2.24) is 0 Å². The Hall–Kier alpha value is -14.2. The second kappa shape index (κ2) is 54.6. The first-order valence-corrected chi connectivity index (χ1v) is 53.2. The van der Waals surface area contributed by atoms with Gasteiger partial charge in [0, 0.05) is 74.8 Å². The van der Waals surface area contributed by atoms with E-state index >= 15 is 0 Å². The summed E-state index contributed by atoms with van der Waals surface area (Å²) >= 11 is 1.58. The van der Waals surface area contributed by atoms with Crippen molar-refractivity contribution >= 4 is 140 Å². The van der Waals surface area contributed by atoms with Gasteiger partial charge in [-0.05, 0) is 292 Å². The summed E-state index contributed by atoms with van der Waals surface area (Å²) in [6.07, 6.45) is -5.88. The zero-order valence-electron chi connectivity index (χ0n) is 79.8. The van der Waals surface area contributed by atoms with Crippen LogP contribution in [-0.4, -0.2) is 57.6 Å². The fourth-order valence-electron chi connectivity index (χ4n) is 13.3. The van der Waals surface area contributed by atoms with Crippen LogP contribution in [0.1, 0.15) is 65.1 Å². The third-order valence-corrected chi connectivity index (χ3v) is 31.9. The Labute approximate surface area is 866 Å². The maximum atomic E-state index is 13.6. The van der Waals surface area contributed by atoms with E-state index in [0.717, 1.165) is 107 Å². The van der Waals surface area contributed by atoms with Gasteiger partial charge in [-0.15, -0.1) is 24.9 Å². The number of ether oxygens (including phenoxy) is 1. The van der Waals surface area contributed by atoms with Gasteiger partial charge in [0.2, 0.25) is 0 Å². The number of methoxy groups -OCH3 is 1. The molecule has 18 aromatic rings. The molecule has 0 unspecified atom stereocenters. The Morgan fingerprint density at radius 1 is 0.356 bits per heavy atom. The van der Waals surface area contributed by atoms with E-state index in [-0.39, 0.29) is 65.1 Å². The third kappa shape index (κ3) is 36.1. The highest BCUT2D eigenvalue weighted by atomic mass is 32.2. The molecule has 0 aliphatic heterocycles. The number of carboxylic acids is 4. The summed E-state index contributed by atoms with van der Waals surface area (Å²) < 4.78 is 248. The molecule has 2 heterocycles. The number of hydrogen-bond acceptors (Lipinski definition) is 12. The molecule has 0 bridgehead atoms. The highest BCUT2D eigenvalue weighted by molar-refractivity contribution is 7.98. The first-order valence-electron chi connectivity index (χ1n) is 43.9. The van der Waals surface area contributed by atoms with Crippen LogP contribution in [-0.2, 0) is 70.2 Å². The average molecular weight is 2190 g/mol. The number of sulfonamides is 1. The van der Waals surface area contributed by atoms with Crippen molar-refractivity contribution in [2.24, 2.45) is 5.92 Å². The van der Waals surface area contributed by atoms with Crippen molar-refractivity contribution < 1.29 is 127 Å². The molecule has 0 saturated heterocycles. The van der Waals surface area contributed by atoms with Crippen LogP contribution in [0.4, 0.5) is 74.6 Å². The quantitative estimate of drug-likeness (QED) is 0.0500. The number of aryl methyl sites for hydroxylation is 1. The monoisotopic (exact) mass is 2180 g/mol. The molecular formula is C113H90F17NO11S7. The Morgan fingerprint density at radius 3 is 0.960 bits per heavy atom. The van der Waals surface area contributed by atoms with E-state index in [0.29, 0.717) is 21.1 Å². The van der Waals surface area contributed by atoms with E-state index in [4.69, 9.17) is 9.88 Å². The molecule has 2 aromatic heterocycles. The number of thiophene rings is 2. The summed E-state index contributed by atoms with van der Waals surface area (Å²) in [5, 5.41) is 48.1. The summed E-state index contributed by atoms with van der Waals surface area (Å²) in [6.45, 7) is 6.73. The first-order chi connectivity index (χ1) is 70.3. The number of aromatic carboxylic acids is 2. The minimum Gasteiger partial charge on any atom is -0.564 e. The molecule has 0 saturated carbocycles. The van der Waals surface area contributed by atoms with Gasteiger partial charge in [0.15, 0.2) is 67.8 Å². The van der Waals surface area contributed by atoms with E-state index < -0.39 is 135 Å². The van der Waals surface area contributed by atoms with Crippen LogP contribution in [0.3, 0.4) is 0 Å². The van der Waals surface area contributed by atoms with Gasteiger partial charge in [-0.1, -0.05) is 123 Å². The van der Waals surface area contributed by atoms with E-state index in [1.807, 2.05) is 158 Å². The number of carbonyl (C=O) groups is 4. The topological polar surface area (TPSA) is 228 Å². The molecular weight excluding hydrogens is 2090 g/mol. The number of alkyl halides is 10. The Bertz CT molecular complexity index is 7190. The molecule has 149 heavy (non-hydrogen) atoms. The van der Waals surface area contributed by atoms with Gasteiger partial charge in [0.25, 0.3) is 0 Å². The lowest BCUT2D eigenvalue weighted by atomic mass is 10.1. The fraction of sp³-hybridized carbons (Fsp3) is 0.115. The van der Waals surface area contributed by atoms with Crippen molar-refractivity contribution in [2.45, 2.75) is 107 Å². The highest BCUT2D eigenvalue weighted by Gasteiger charge is 2.48. The lowest BCUT2D eigenvalue weighted by Crippen LogP contribution is -2.39.